The van der Waals surface area contributed by atoms with Crippen LogP contribution in [-0.2, 0) is 11.3 Å². The SMILES string of the molecule is Cc1ccc(CN(C)C(=O)C2(N)CCC2)cc1.Cl. The van der Waals surface area contributed by atoms with Crippen LogP contribution in [0.3, 0.4) is 0 Å². The Kier molecular flexibility index (Phi) is 4.77. The molecule has 1 aromatic rings. The van der Waals surface area contributed by atoms with E-state index >= 15 is 0 Å². The fourth-order valence-corrected chi connectivity index (χ4v) is 2.19. The van der Waals surface area contributed by atoms with E-state index in [1.54, 1.807) is 4.90 Å². The summed E-state index contributed by atoms with van der Waals surface area (Å²) in [6, 6.07) is 8.25. The zero-order valence-electron chi connectivity index (χ0n) is 11.0. The minimum Gasteiger partial charge on any atom is -0.340 e. The van der Waals surface area contributed by atoms with Crippen LogP contribution in [-0.4, -0.2) is 23.4 Å². The Bertz CT molecular complexity index is 412. The lowest BCUT2D eigenvalue weighted by Gasteiger charge is -2.39. The fourth-order valence-electron chi connectivity index (χ4n) is 2.19. The van der Waals surface area contributed by atoms with Crippen molar-refractivity contribution in [3.8, 4) is 0 Å². The molecule has 1 amide bonds. The van der Waals surface area contributed by atoms with Crippen molar-refractivity contribution in [1.29, 1.82) is 0 Å². The predicted octanol–water partition coefficient (Wildman–Crippen LogP) is 2.26. The predicted molar refractivity (Wildman–Crippen MR) is 75.7 cm³/mol. The van der Waals surface area contributed by atoms with Gasteiger partial charge in [-0.1, -0.05) is 29.8 Å². The van der Waals surface area contributed by atoms with E-state index in [2.05, 4.69) is 31.2 Å². The number of carbonyl (C=O) groups excluding carboxylic acids is 1. The Morgan fingerprint density at radius 2 is 1.89 bits per heavy atom. The van der Waals surface area contributed by atoms with Crippen molar-refractivity contribution in [2.75, 3.05) is 7.05 Å². The van der Waals surface area contributed by atoms with Gasteiger partial charge in [0, 0.05) is 13.6 Å². The van der Waals surface area contributed by atoms with Gasteiger partial charge in [-0.15, -0.1) is 12.4 Å². The Morgan fingerprint density at radius 1 is 1.33 bits per heavy atom. The molecule has 0 saturated heterocycles. The lowest BCUT2D eigenvalue weighted by atomic mass is 9.76. The van der Waals surface area contributed by atoms with E-state index in [9.17, 15) is 4.79 Å². The van der Waals surface area contributed by atoms with Crippen LogP contribution in [0.1, 0.15) is 30.4 Å². The van der Waals surface area contributed by atoms with Gasteiger partial charge in [-0.2, -0.15) is 0 Å². The topological polar surface area (TPSA) is 46.3 Å². The van der Waals surface area contributed by atoms with Crippen LogP contribution in [0.5, 0.6) is 0 Å². The third kappa shape index (κ3) is 3.03. The van der Waals surface area contributed by atoms with Crippen molar-refractivity contribution >= 4 is 18.3 Å². The number of likely N-dealkylation sites (N-methyl/N-ethyl adjacent to an activating group) is 1. The zero-order chi connectivity index (χ0) is 12.5. The molecule has 1 saturated carbocycles. The molecule has 2 N–H and O–H groups in total. The van der Waals surface area contributed by atoms with Gasteiger partial charge in [0.05, 0.1) is 5.54 Å². The van der Waals surface area contributed by atoms with Crippen molar-refractivity contribution in [3.63, 3.8) is 0 Å². The van der Waals surface area contributed by atoms with E-state index in [0.29, 0.717) is 6.54 Å². The molecule has 1 aliphatic rings. The summed E-state index contributed by atoms with van der Waals surface area (Å²) >= 11 is 0. The second kappa shape index (κ2) is 5.72. The average molecular weight is 269 g/mol. The summed E-state index contributed by atoms with van der Waals surface area (Å²) in [5.74, 6) is 0.0734. The number of rotatable bonds is 3. The average Bonchev–Trinajstić information content (AvgIpc) is 2.28. The van der Waals surface area contributed by atoms with E-state index in [4.69, 9.17) is 5.73 Å². The highest BCUT2D eigenvalue weighted by molar-refractivity contribution is 5.86. The van der Waals surface area contributed by atoms with Crippen LogP contribution in [0.25, 0.3) is 0 Å². The first-order valence-corrected chi connectivity index (χ1v) is 6.11. The second-order valence-electron chi connectivity index (χ2n) is 5.16. The van der Waals surface area contributed by atoms with Crippen LogP contribution in [0.15, 0.2) is 24.3 Å². The normalized spacial score (nSPS) is 16.4. The zero-order valence-corrected chi connectivity index (χ0v) is 11.8. The number of carbonyl (C=O) groups is 1. The molecule has 100 valence electrons. The van der Waals surface area contributed by atoms with Gasteiger partial charge in [-0.25, -0.2) is 0 Å². The number of benzene rings is 1. The Balaban J connectivity index is 0.00000162. The molecular weight excluding hydrogens is 248 g/mol. The number of halogens is 1. The molecule has 2 rings (SSSR count). The first-order chi connectivity index (χ1) is 8.01. The Morgan fingerprint density at radius 3 is 2.33 bits per heavy atom. The third-order valence-electron chi connectivity index (χ3n) is 3.56. The highest BCUT2D eigenvalue weighted by Crippen LogP contribution is 2.30. The molecule has 1 aliphatic carbocycles. The van der Waals surface area contributed by atoms with Crippen LogP contribution >= 0.6 is 12.4 Å². The molecule has 0 atom stereocenters. The molecule has 0 aliphatic heterocycles. The molecule has 3 nitrogen and oxygen atoms in total. The van der Waals surface area contributed by atoms with Gasteiger partial charge in [0.25, 0.3) is 0 Å². The second-order valence-corrected chi connectivity index (χ2v) is 5.16. The summed E-state index contributed by atoms with van der Waals surface area (Å²) in [6.45, 7) is 2.69. The van der Waals surface area contributed by atoms with Crippen molar-refractivity contribution in [2.45, 2.75) is 38.3 Å². The van der Waals surface area contributed by atoms with E-state index in [1.807, 2.05) is 7.05 Å². The van der Waals surface area contributed by atoms with Crippen LogP contribution < -0.4 is 5.73 Å². The third-order valence-corrected chi connectivity index (χ3v) is 3.56. The number of hydrogen-bond donors (Lipinski definition) is 1. The quantitative estimate of drug-likeness (QED) is 0.914. The molecule has 1 fully saturated rings. The monoisotopic (exact) mass is 268 g/mol. The molecule has 0 heterocycles. The molecule has 4 heteroatoms. The van der Waals surface area contributed by atoms with Crippen molar-refractivity contribution in [2.24, 2.45) is 5.73 Å². The molecular formula is C14H21ClN2O. The minimum absolute atomic E-state index is 0. The fraction of sp³-hybridized carbons (Fsp3) is 0.500. The summed E-state index contributed by atoms with van der Waals surface area (Å²) in [4.78, 5) is 13.9. The number of nitrogens with two attached hydrogens (primary N) is 1. The number of hydrogen-bond acceptors (Lipinski definition) is 2. The molecule has 0 radical (unpaired) electrons. The first-order valence-electron chi connectivity index (χ1n) is 6.11. The van der Waals surface area contributed by atoms with E-state index in [0.717, 1.165) is 24.8 Å². The molecule has 18 heavy (non-hydrogen) atoms. The van der Waals surface area contributed by atoms with Gasteiger partial charge in [0.2, 0.25) is 5.91 Å². The van der Waals surface area contributed by atoms with Gasteiger partial charge in [0.1, 0.15) is 0 Å². The van der Waals surface area contributed by atoms with Crippen LogP contribution in [0, 0.1) is 6.92 Å². The smallest absolute Gasteiger partial charge is 0.242 e. The van der Waals surface area contributed by atoms with Gasteiger partial charge in [-0.05, 0) is 31.7 Å². The molecule has 0 spiro atoms. The summed E-state index contributed by atoms with van der Waals surface area (Å²) < 4.78 is 0. The number of aryl methyl sites for hydroxylation is 1. The van der Waals surface area contributed by atoms with Gasteiger partial charge in [0.15, 0.2) is 0 Å². The van der Waals surface area contributed by atoms with Gasteiger partial charge in [-0.3, -0.25) is 4.79 Å². The maximum absolute atomic E-state index is 12.1. The summed E-state index contributed by atoms with van der Waals surface area (Å²) in [5, 5.41) is 0. The van der Waals surface area contributed by atoms with E-state index < -0.39 is 5.54 Å². The van der Waals surface area contributed by atoms with Gasteiger partial charge < -0.3 is 10.6 Å². The lowest BCUT2D eigenvalue weighted by molar-refractivity contribution is -0.139. The number of amides is 1. The maximum atomic E-state index is 12.1. The Labute approximate surface area is 115 Å². The minimum atomic E-state index is -0.584. The van der Waals surface area contributed by atoms with Crippen LogP contribution in [0.4, 0.5) is 0 Å². The van der Waals surface area contributed by atoms with Gasteiger partial charge >= 0.3 is 0 Å². The van der Waals surface area contributed by atoms with Crippen molar-refractivity contribution in [1.82, 2.24) is 4.90 Å². The summed E-state index contributed by atoms with van der Waals surface area (Å²) in [7, 11) is 1.83. The van der Waals surface area contributed by atoms with Crippen LogP contribution in [0.2, 0.25) is 0 Å². The standard InChI is InChI=1S/C14H20N2O.ClH/c1-11-4-6-12(7-5-11)10-16(2)13(17)14(15)8-3-9-14;/h4-7H,3,8-10,15H2,1-2H3;1H. The van der Waals surface area contributed by atoms with Crippen molar-refractivity contribution < 1.29 is 4.79 Å². The number of nitrogens with zero attached hydrogens (tertiary/aromatic N) is 1. The molecule has 0 unspecified atom stereocenters. The Hall–Kier alpha value is -1.06. The highest BCUT2D eigenvalue weighted by Gasteiger charge is 2.41. The first kappa shape index (κ1) is 15.0. The largest absolute Gasteiger partial charge is 0.340 e. The van der Waals surface area contributed by atoms with E-state index in [1.165, 1.54) is 5.56 Å². The molecule has 0 bridgehead atoms. The van der Waals surface area contributed by atoms with E-state index in [-0.39, 0.29) is 18.3 Å². The molecule has 0 aromatic heterocycles. The maximum Gasteiger partial charge on any atom is 0.242 e. The summed E-state index contributed by atoms with van der Waals surface area (Å²) in [5.41, 5.74) is 7.83. The highest BCUT2D eigenvalue weighted by atomic mass is 35.5. The lowest BCUT2D eigenvalue weighted by Crippen LogP contribution is -2.58. The molecule has 1 aromatic carbocycles. The summed E-state index contributed by atoms with van der Waals surface area (Å²) in [6.07, 6.45) is 2.72. The van der Waals surface area contributed by atoms with Crippen molar-refractivity contribution in [3.05, 3.63) is 35.4 Å².